The van der Waals surface area contributed by atoms with E-state index in [0.717, 1.165) is 16.8 Å². The van der Waals surface area contributed by atoms with Gasteiger partial charge in [-0.15, -0.1) is 0 Å². The van der Waals surface area contributed by atoms with Crippen LogP contribution in [0.1, 0.15) is 39.4 Å². The molecule has 1 heterocycles. The van der Waals surface area contributed by atoms with E-state index in [9.17, 15) is 5.11 Å². The zero-order valence-electron chi connectivity index (χ0n) is 11.4. The van der Waals surface area contributed by atoms with Crippen LogP contribution in [-0.4, -0.2) is 14.9 Å². The Labute approximate surface area is 108 Å². The van der Waals surface area contributed by atoms with Gasteiger partial charge >= 0.3 is 0 Å². The normalized spacial score (nSPS) is 13.6. The maximum absolute atomic E-state index is 9.60. The first-order chi connectivity index (χ1) is 8.38. The van der Waals surface area contributed by atoms with Gasteiger partial charge in [-0.2, -0.15) is 5.10 Å². The molecule has 0 bridgehead atoms. The van der Waals surface area contributed by atoms with Crippen molar-refractivity contribution in [2.45, 2.75) is 39.3 Å². The molecule has 3 heteroatoms. The molecule has 0 spiro atoms. The van der Waals surface area contributed by atoms with Gasteiger partial charge in [-0.3, -0.25) is 4.68 Å². The molecule has 0 aliphatic rings. The Bertz CT molecular complexity index is 535. The Morgan fingerprint density at radius 3 is 2.50 bits per heavy atom. The third-order valence-electron chi connectivity index (χ3n) is 2.94. The molecule has 0 fully saturated rings. The van der Waals surface area contributed by atoms with E-state index in [1.807, 2.05) is 41.2 Å². The van der Waals surface area contributed by atoms with Crippen molar-refractivity contribution in [2.75, 3.05) is 0 Å². The van der Waals surface area contributed by atoms with Gasteiger partial charge in [0.15, 0.2) is 0 Å². The van der Waals surface area contributed by atoms with Gasteiger partial charge in [-0.1, -0.05) is 18.2 Å². The van der Waals surface area contributed by atoms with Crippen LogP contribution >= 0.6 is 0 Å². The number of hydrogen-bond donors (Lipinski definition) is 1. The van der Waals surface area contributed by atoms with Crippen molar-refractivity contribution in [2.24, 2.45) is 0 Å². The predicted molar refractivity (Wildman–Crippen MR) is 73.3 cm³/mol. The third kappa shape index (κ3) is 2.62. The van der Waals surface area contributed by atoms with Crippen LogP contribution in [0, 0.1) is 0 Å². The summed E-state index contributed by atoms with van der Waals surface area (Å²) in [5, 5.41) is 14.2. The monoisotopic (exact) mass is 244 g/mol. The van der Waals surface area contributed by atoms with Crippen molar-refractivity contribution < 1.29 is 5.11 Å². The minimum Gasteiger partial charge on any atom is -0.389 e. The van der Waals surface area contributed by atoms with Gasteiger partial charge in [0.05, 0.1) is 17.3 Å². The molecule has 18 heavy (non-hydrogen) atoms. The fraction of sp³-hybridized carbons (Fsp3) is 0.400. The Morgan fingerprint density at radius 1 is 1.22 bits per heavy atom. The summed E-state index contributed by atoms with van der Waals surface area (Å²) >= 11 is 0. The van der Waals surface area contributed by atoms with Crippen molar-refractivity contribution in [3.8, 4) is 11.3 Å². The van der Waals surface area contributed by atoms with Crippen molar-refractivity contribution in [3.63, 3.8) is 0 Å². The van der Waals surface area contributed by atoms with Gasteiger partial charge in [0.25, 0.3) is 0 Å². The average Bonchev–Trinajstić information content (AvgIpc) is 2.78. The summed E-state index contributed by atoms with van der Waals surface area (Å²) in [4.78, 5) is 0. The fourth-order valence-electron chi connectivity index (χ4n) is 1.81. The number of hydrogen-bond acceptors (Lipinski definition) is 2. The van der Waals surface area contributed by atoms with Gasteiger partial charge in [0.1, 0.15) is 0 Å². The fourth-order valence-corrected chi connectivity index (χ4v) is 1.81. The lowest BCUT2D eigenvalue weighted by Gasteiger charge is -2.18. The average molecular weight is 244 g/mol. The van der Waals surface area contributed by atoms with Crippen LogP contribution in [-0.2, 0) is 5.54 Å². The maximum Gasteiger partial charge on any atom is 0.0923 e. The molecule has 0 amide bonds. The van der Waals surface area contributed by atoms with Crippen molar-refractivity contribution in [1.29, 1.82) is 0 Å². The van der Waals surface area contributed by atoms with E-state index in [1.165, 1.54) is 0 Å². The zero-order chi connectivity index (χ0) is 13.3. The number of nitrogens with zero attached hydrogens (tertiary/aromatic N) is 2. The number of aromatic nitrogens is 2. The molecule has 0 aliphatic carbocycles. The van der Waals surface area contributed by atoms with Gasteiger partial charge in [0.2, 0.25) is 0 Å². The molecule has 2 rings (SSSR count). The first-order valence-electron chi connectivity index (χ1n) is 6.22. The molecule has 3 nitrogen and oxygen atoms in total. The molecule has 96 valence electrons. The first-order valence-corrected chi connectivity index (χ1v) is 6.22. The van der Waals surface area contributed by atoms with Gasteiger partial charge in [-0.25, -0.2) is 0 Å². The molecule has 2 aromatic rings. The number of benzene rings is 1. The summed E-state index contributed by atoms with van der Waals surface area (Å²) < 4.78 is 1.96. The lowest BCUT2D eigenvalue weighted by atomic mass is 10.1. The summed E-state index contributed by atoms with van der Waals surface area (Å²) in [6, 6.07) is 9.88. The highest BCUT2D eigenvalue weighted by molar-refractivity contribution is 5.59. The summed E-state index contributed by atoms with van der Waals surface area (Å²) in [5.74, 6) is 0. The summed E-state index contributed by atoms with van der Waals surface area (Å²) in [6.45, 7) is 8.13. The van der Waals surface area contributed by atoms with Crippen LogP contribution in [0.15, 0.2) is 36.5 Å². The van der Waals surface area contributed by atoms with E-state index >= 15 is 0 Å². The zero-order valence-corrected chi connectivity index (χ0v) is 11.4. The van der Waals surface area contributed by atoms with Crippen LogP contribution in [0.25, 0.3) is 11.3 Å². The molecule has 0 aliphatic heterocycles. The maximum atomic E-state index is 9.60. The molecule has 1 atom stereocenters. The summed E-state index contributed by atoms with van der Waals surface area (Å²) in [7, 11) is 0. The van der Waals surface area contributed by atoms with Crippen LogP contribution in [0.4, 0.5) is 0 Å². The lowest BCUT2D eigenvalue weighted by molar-refractivity contribution is 0.199. The Kier molecular flexibility index (Phi) is 3.26. The third-order valence-corrected chi connectivity index (χ3v) is 2.94. The van der Waals surface area contributed by atoms with E-state index < -0.39 is 6.10 Å². The molecule has 1 N–H and O–H groups in total. The van der Waals surface area contributed by atoms with E-state index in [0.29, 0.717) is 0 Å². The minimum atomic E-state index is -0.449. The van der Waals surface area contributed by atoms with Crippen molar-refractivity contribution >= 4 is 0 Å². The van der Waals surface area contributed by atoms with Crippen LogP contribution in [0.5, 0.6) is 0 Å². The molecule has 0 saturated heterocycles. The number of aliphatic hydroxyl groups is 1. The Morgan fingerprint density at radius 2 is 1.94 bits per heavy atom. The second-order valence-electron chi connectivity index (χ2n) is 5.62. The molecular weight excluding hydrogens is 224 g/mol. The Hall–Kier alpha value is -1.61. The highest BCUT2D eigenvalue weighted by Gasteiger charge is 2.14. The quantitative estimate of drug-likeness (QED) is 0.879. The largest absolute Gasteiger partial charge is 0.389 e. The van der Waals surface area contributed by atoms with Crippen LogP contribution in [0.2, 0.25) is 0 Å². The molecule has 0 radical (unpaired) electrons. The van der Waals surface area contributed by atoms with E-state index in [4.69, 9.17) is 0 Å². The van der Waals surface area contributed by atoms with Gasteiger partial charge in [-0.05, 0) is 45.4 Å². The topological polar surface area (TPSA) is 38.0 Å². The second-order valence-corrected chi connectivity index (χ2v) is 5.62. The standard InChI is InChI=1S/C15H20N2O/c1-11(18)12-6-5-7-13(10-12)14-8-9-17(16-14)15(2,3)4/h5-11,18H,1-4H3/t11-/m1/s1. The van der Waals surface area contributed by atoms with Gasteiger partial charge < -0.3 is 5.11 Å². The highest BCUT2D eigenvalue weighted by atomic mass is 16.3. The Balaban J connectivity index is 2.37. The smallest absolute Gasteiger partial charge is 0.0923 e. The molecule has 0 unspecified atom stereocenters. The highest BCUT2D eigenvalue weighted by Crippen LogP contribution is 2.23. The molecule has 1 aromatic carbocycles. The SMILES string of the molecule is C[C@@H](O)c1cccc(-c2ccn(C(C)(C)C)n2)c1. The first kappa shape index (κ1) is 12.8. The predicted octanol–water partition coefficient (Wildman–Crippen LogP) is 3.36. The second kappa shape index (κ2) is 4.58. The van der Waals surface area contributed by atoms with Crippen LogP contribution in [0.3, 0.4) is 0 Å². The van der Waals surface area contributed by atoms with Gasteiger partial charge in [0, 0.05) is 11.8 Å². The summed E-state index contributed by atoms with van der Waals surface area (Å²) in [5.41, 5.74) is 2.88. The van der Waals surface area contributed by atoms with E-state index in [-0.39, 0.29) is 5.54 Å². The van der Waals surface area contributed by atoms with Crippen molar-refractivity contribution in [3.05, 3.63) is 42.1 Å². The number of rotatable bonds is 2. The molecule has 0 saturated carbocycles. The molecular formula is C15H20N2O. The number of aliphatic hydroxyl groups excluding tert-OH is 1. The summed E-state index contributed by atoms with van der Waals surface area (Å²) in [6.07, 6.45) is 1.54. The lowest BCUT2D eigenvalue weighted by Crippen LogP contribution is -2.22. The van der Waals surface area contributed by atoms with E-state index in [2.05, 4.69) is 25.9 Å². The molecule has 1 aromatic heterocycles. The van der Waals surface area contributed by atoms with Crippen molar-refractivity contribution in [1.82, 2.24) is 9.78 Å². The minimum absolute atomic E-state index is 0.0138. The van der Waals surface area contributed by atoms with E-state index in [1.54, 1.807) is 6.92 Å². The van der Waals surface area contributed by atoms with Crippen LogP contribution < -0.4 is 0 Å².